The molecule has 3 heteroatoms. The standard InChI is InChI=1S/C14H13NO2/c1-8(2)11-4-3-9-7-17-12-5-10(6-16)15-14(11)13(9)12/h3-6,8H,7H2,1-2H3. The molecule has 3 nitrogen and oxygen atoms in total. The Labute approximate surface area is 99.4 Å². The average molecular weight is 227 g/mol. The van der Waals surface area contributed by atoms with Gasteiger partial charge in [-0.3, -0.25) is 4.79 Å². The zero-order valence-electron chi connectivity index (χ0n) is 9.86. The van der Waals surface area contributed by atoms with E-state index in [9.17, 15) is 4.79 Å². The molecule has 1 aromatic heterocycles. The van der Waals surface area contributed by atoms with E-state index in [1.54, 1.807) is 6.07 Å². The SMILES string of the molecule is CC(C)c1ccc2c3c(cc(C=O)nc13)OC2. The minimum Gasteiger partial charge on any atom is -0.488 e. The van der Waals surface area contributed by atoms with E-state index in [4.69, 9.17) is 4.74 Å². The van der Waals surface area contributed by atoms with Crippen LogP contribution in [0.1, 0.15) is 41.4 Å². The lowest BCUT2D eigenvalue weighted by Crippen LogP contribution is -1.95. The molecule has 0 atom stereocenters. The first-order valence-corrected chi connectivity index (χ1v) is 5.75. The highest BCUT2D eigenvalue weighted by Crippen LogP contribution is 2.38. The molecule has 86 valence electrons. The zero-order valence-corrected chi connectivity index (χ0v) is 9.86. The van der Waals surface area contributed by atoms with Crippen LogP contribution in [-0.2, 0) is 6.61 Å². The molecular formula is C14H13NO2. The molecule has 0 aliphatic carbocycles. The molecular weight excluding hydrogens is 214 g/mol. The number of rotatable bonds is 2. The van der Waals surface area contributed by atoms with Crippen molar-refractivity contribution >= 4 is 17.2 Å². The number of carbonyl (C=O) groups excluding carboxylic acids is 1. The van der Waals surface area contributed by atoms with Crippen LogP contribution in [0.3, 0.4) is 0 Å². The normalized spacial score (nSPS) is 13.1. The lowest BCUT2D eigenvalue weighted by atomic mass is 9.97. The van der Waals surface area contributed by atoms with Crippen molar-refractivity contribution in [3.05, 3.63) is 35.0 Å². The molecule has 0 radical (unpaired) electrons. The molecule has 0 bridgehead atoms. The Morgan fingerprint density at radius 2 is 2.24 bits per heavy atom. The van der Waals surface area contributed by atoms with Crippen molar-refractivity contribution in [3.63, 3.8) is 0 Å². The van der Waals surface area contributed by atoms with Gasteiger partial charge >= 0.3 is 0 Å². The number of nitrogens with zero attached hydrogens (tertiary/aromatic N) is 1. The Hall–Kier alpha value is -1.90. The summed E-state index contributed by atoms with van der Waals surface area (Å²) < 4.78 is 5.59. The van der Waals surface area contributed by atoms with E-state index in [-0.39, 0.29) is 0 Å². The zero-order chi connectivity index (χ0) is 12.0. The summed E-state index contributed by atoms with van der Waals surface area (Å²) in [5, 5.41) is 1.07. The number of aldehydes is 1. The number of aromatic nitrogens is 1. The Balaban J connectivity index is 2.43. The second kappa shape index (κ2) is 3.55. The van der Waals surface area contributed by atoms with Crippen molar-refractivity contribution in [2.24, 2.45) is 0 Å². The topological polar surface area (TPSA) is 39.2 Å². The van der Waals surface area contributed by atoms with Crippen molar-refractivity contribution in [1.29, 1.82) is 0 Å². The molecule has 1 aliphatic rings. The highest BCUT2D eigenvalue weighted by atomic mass is 16.5. The second-order valence-electron chi connectivity index (χ2n) is 4.64. The predicted octanol–water partition coefficient (Wildman–Crippen LogP) is 3.06. The van der Waals surface area contributed by atoms with Gasteiger partial charge in [0.05, 0.1) is 5.52 Å². The molecule has 1 aliphatic heterocycles. The minimum absolute atomic E-state index is 0.381. The van der Waals surface area contributed by atoms with Gasteiger partial charge in [-0.2, -0.15) is 0 Å². The Morgan fingerprint density at radius 3 is 2.94 bits per heavy atom. The maximum absolute atomic E-state index is 10.9. The quantitative estimate of drug-likeness (QED) is 0.740. The van der Waals surface area contributed by atoms with Gasteiger partial charge in [0.15, 0.2) is 6.29 Å². The average Bonchev–Trinajstić information content (AvgIpc) is 2.73. The summed E-state index contributed by atoms with van der Waals surface area (Å²) in [7, 11) is 0. The van der Waals surface area contributed by atoms with Crippen molar-refractivity contribution in [1.82, 2.24) is 4.98 Å². The highest BCUT2D eigenvalue weighted by molar-refractivity contribution is 5.94. The number of benzene rings is 1. The number of hydrogen-bond acceptors (Lipinski definition) is 3. The maximum Gasteiger partial charge on any atom is 0.168 e. The summed E-state index contributed by atoms with van der Waals surface area (Å²) in [6, 6.07) is 5.90. The van der Waals surface area contributed by atoms with Crippen LogP contribution in [0.15, 0.2) is 18.2 Å². The predicted molar refractivity (Wildman–Crippen MR) is 65.6 cm³/mol. The third kappa shape index (κ3) is 1.42. The number of ether oxygens (including phenoxy) is 1. The summed E-state index contributed by atoms with van der Waals surface area (Å²) in [4.78, 5) is 15.3. The van der Waals surface area contributed by atoms with Gasteiger partial charge in [-0.1, -0.05) is 26.0 Å². The van der Waals surface area contributed by atoms with Gasteiger partial charge in [-0.15, -0.1) is 0 Å². The van der Waals surface area contributed by atoms with Gasteiger partial charge in [0.2, 0.25) is 0 Å². The van der Waals surface area contributed by atoms with E-state index < -0.39 is 0 Å². The van der Waals surface area contributed by atoms with Gasteiger partial charge in [0.25, 0.3) is 0 Å². The fourth-order valence-electron chi connectivity index (χ4n) is 2.33. The number of carbonyl (C=O) groups is 1. The molecule has 0 saturated heterocycles. The van der Waals surface area contributed by atoms with E-state index >= 15 is 0 Å². The Bertz CT molecular complexity index is 617. The third-order valence-corrected chi connectivity index (χ3v) is 3.19. The summed E-state index contributed by atoms with van der Waals surface area (Å²) in [5.41, 5.74) is 3.67. The molecule has 0 fully saturated rings. The Kier molecular flexibility index (Phi) is 2.15. The van der Waals surface area contributed by atoms with Gasteiger partial charge in [0, 0.05) is 17.0 Å². The third-order valence-electron chi connectivity index (χ3n) is 3.19. The molecule has 1 aromatic carbocycles. The first-order chi connectivity index (χ1) is 8.20. The molecule has 0 N–H and O–H groups in total. The summed E-state index contributed by atoms with van der Waals surface area (Å²) >= 11 is 0. The van der Waals surface area contributed by atoms with E-state index in [1.807, 2.05) is 0 Å². The molecule has 2 aromatic rings. The smallest absolute Gasteiger partial charge is 0.168 e. The summed E-state index contributed by atoms with van der Waals surface area (Å²) in [6.45, 7) is 4.83. The van der Waals surface area contributed by atoms with Crippen LogP contribution in [0.5, 0.6) is 5.75 Å². The fraction of sp³-hybridized carbons (Fsp3) is 0.286. The van der Waals surface area contributed by atoms with Gasteiger partial charge < -0.3 is 4.74 Å². The van der Waals surface area contributed by atoms with E-state index in [1.165, 1.54) is 5.56 Å². The first kappa shape index (κ1) is 10.3. The van der Waals surface area contributed by atoms with Crippen LogP contribution in [0, 0.1) is 0 Å². The minimum atomic E-state index is 0.381. The summed E-state index contributed by atoms with van der Waals surface area (Å²) in [6.07, 6.45) is 0.772. The fourth-order valence-corrected chi connectivity index (χ4v) is 2.33. The molecule has 0 spiro atoms. The molecule has 0 amide bonds. The van der Waals surface area contributed by atoms with E-state index in [2.05, 4.69) is 31.0 Å². The van der Waals surface area contributed by atoms with Crippen LogP contribution in [-0.4, -0.2) is 11.3 Å². The second-order valence-corrected chi connectivity index (χ2v) is 4.64. The van der Waals surface area contributed by atoms with Crippen LogP contribution >= 0.6 is 0 Å². The van der Waals surface area contributed by atoms with Crippen molar-refractivity contribution in [3.8, 4) is 5.75 Å². The van der Waals surface area contributed by atoms with Crippen LogP contribution in [0.4, 0.5) is 0 Å². The maximum atomic E-state index is 10.9. The van der Waals surface area contributed by atoms with Crippen LogP contribution < -0.4 is 4.74 Å². The lowest BCUT2D eigenvalue weighted by Gasteiger charge is -2.10. The number of hydrogen-bond donors (Lipinski definition) is 0. The number of pyridine rings is 1. The van der Waals surface area contributed by atoms with Gasteiger partial charge in [0.1, 0.15) is 18.1 Å². The van der Waals surface area contributed by atoms with Gasteiger partial charge in [-0.25, -0.2) is 4.98 Å². The monoisotopic (exact) mass is 227 g/mol. The lowest BCUT2D eigenvalue weighted by molar-refractivity contribution is 0.111. The van der Waals surface area contributed by atoms with Crippen molar-refractivity contribution < 1.29 is 9.53 Å². The van der Waals surface area contributed by atoms with Crippen LogP contribution in [0.2, 0.25) is 0 Å². The van der Waals surface area contributed by atoms with Crippen LogP contribution in [0.25, 0.3) is 10.9 Å². The Morgan fingerprint density at radius 1 is 1.41 bits per heavy atom. The highest BCUT2D eigenvalue weighted by Gasteiger charge is 2.20. The molecule has 3 rings (SSSR count). The molecule has 0 unspecified atom stereocenters. The summed E-state index contributed by atoms with van der Waals surface area (Å²) in [5.74, 6) is 1.17. The van der Waals surface area contributed by atoms with Crippen molar-refractivity contribution in [2.75, 3.05) is 0 Å². The first-order valence-electron chi connectivity index (χ1n) is 5.75. The molecule has 0 saturated carbocycles. The van der Waals surface area contributed by atoms with Gasteiger partial charge in [-0.05, 0) is 11.5 Å². The van der Waals surface area contributed by atoms with E-state index in [0.717, 1.165) is 28.5 Å². The molecule has 17 heavy (non-hydrogen) atoms. The van der Waals surface area contributed by atoms with Crippen molar-refractivity contribution in [2.45, 2.75) is 26.4 Å². The van der Waals surface area contributed by atoms with E-state index in [0.29, 0.717) is 18.2 Å². The molecule has 2 heterocycles. The largest absolute Gasteiger partial charge is 0.488 e.